The van der Waals surface area contributed by atoms with Gasteiger partial charge in [-0.3, -0.25) is 4.79 Å². The van der Waals surface area contributed by atoms with E-state index in [-0.39, 0.29) is 18.1 Å². The van der Waals surface area contributed by atoms with Crippen molar-refractivity contribution in [3.8, 4) is 11.5 Å². The van der Waals surface area contributed by atoms with Gasteiger partial charge in [0, 0.05) is 11.6 Å². The molecule has 0 aliphatic carbocycles. The van der Waals surface area contributed by atoms with Crippen molar-refractivity contribution in [3.05, 3.63) is 64.7 Å². The molecule has 0 saturated heterocycles. The number of Topliss-reactive ketones (excluding diaryl/α,β-unsaturated/α-hetero) is 1. The largest absolute Gasteiger partial charge is 0.504 e. The number of benzene rings is 2. The average Bonchev–Trinajstić information content (AvgIpc) is 2.70. The monoisotopic (exact) mass is 368 g/mol. The number of carbonyl (C=O) groups is 2. The van der Waals surface area contributed by atoms with Crippen LogP contribution < -0.4 is 4.74 Å². The van der Waals surface area contributed by atoms with E-state index in [2.05, 4.69) is 0 Å². The smallest absolute Gasteiger partial charge is 0.331 e. The van der Waals surface area contributed by atoms with Crippen LogP contribution in [0.1, 0.15) is 40.9 Å². The van der Waals surface area contributed by atoms with Crippen molar-refractivity contribution in [3.63, 3.8) is 0 Å². The first-order valence-corrected chi connectivity index (χ1v) is 8.85. The zero-order chi connectivity index (χ0) is 19.8. The van der Waals surface area contributed by atoms with E-state index < -0.39 is 5.97 Å². The Kier molecular flexibility index (Phi) is 7.17. The number of carbonyl (C=O) groups excluding carboxylic acids is 2. The van der Waals surface area contributed by atoms with Gasteiger partial charge in [-0.05, 0) is 53.8 Å². The molecule has 0 radical (unpaired) electrons. The molecular weight excluding hydrogens is 344 g/mol. The Bertz CT molecular complexity index is 852. The molecule has 0 aliphatic rings. The maximum Gasteiger partial charge on any atom is 0.331 e. The molecule has 0 bridgehead atoms. The Labute approximate surface area is 159 Å². The Morgan fingerprint density at radius 3 is 2.52 bits per heavy atom. The van der Waals surface area contributed by atoms with E-state index in [9.17, 15) is 14.7 Å². The lowest BCUT2D eigenvalue weighted by Gasteiger charge is -2.09. The molecule has 0 atom stereocenters. The molecule has 0 saturated carbocycles. The third-order valence-corrected chi connectivity index (χ3v) is 4.23. The van der Waals surface area contributed by atoms with Crippen molar-refractivity contribution < 1.29 is 24.2 Å². The molecule has 0 heterocycles. The van der Waals surface area contributed by atoms with Gasteiger partial charge in [0.05, 0.1) is 7.11 Å². The predicted octanol–water partition coefficient (Wildman–Crippen LogP) is 3.96. The van der Waals surface area contributed by atoms with Gasteiger partial charge in [-0.1, -0.05) is 32.0 Å². The van der Waals surface area contributed by atoms with Gasteiger partial charge in [0.15, 0.2) is 18.1 Å². The topological polar surface area (TPSA) is 72.8 Å². The van der Waals surface area contributed by atoms with Crippen LogP contribution >= 0.6 is 0 Å². The molecule has 0 amide bonds. The zero-order valence-electron chi connectivity index (χ0n) is 15.8. The van der Waals surface area contributed by atoms with E-state index in [0.29, 0.717) is 16.9 Å². The first-order chi connectivity index (χ1) is 13.0. The van der Waals surface area contributed by atoms with E-state index in [1.165, 1.54) is 25.3 Å². The second-order valence-electron chi connectivity index (χ2n) is 5.99. The van der Waals surface area contributed by atoms with Crippen molar-refractivity contribution in [1.82, 2.24) is 0 Å². The summed E-state index contributed by atoms with van der Waals surface area (Å²) in [6, 6.07) is 10.5. The molecule has 0 aliphatic heterocycles. The first kappa shape index (κ1) is 20.2. The minimum Gasteiger partial charge on any atom is -0.504 e. The number of aromatic hydroxyl groups is 1. The highest BCUT2D eigenvalue weighted by molar-refractivity contribution is 6.00. The fraction of sp³-hybridized carbons (Fsp3) is 0.273. The lowest BCUT2D eigenvalue weighted by molar-refractivity contribution is -0.136. The van der Waals surface area contributed by atoms with E-state index in [1.807, 2.05) is 32.0 Å². The van der Waals surface area contributed by atoms with Crippen LogP contribution in [0.3, 0.4) is 0 Å². The molecule has 0 fully saturated rings. The summed E-state index contributed by atoms with van der Waals surface area (Å²) in [5.41, 5.74) is 3.29. The number of hydrogen-bond acceptors (Lipinski definition) is 5. The van der Waals surface area contributed by atoms with Crippen molar-refractivity contribution in [2.45, 2.75) is 26.7 Å². The highest BCUT2D eigenvalue weighted by Gasteiger charge is 2.13. The molecule has 5 heteroatoms. The number of aryl methyl sites for hydroxylation is 2. The van der Waals surface area contributed by atoms with E-state index in [1.54, 1.807) is 12.1 Å². The number of ether oxygens (including phenoxy) is 2. The van der Waals surface area contributed by atoms with E-state index in [4.69, 9.17) is 9.47 Å². The van der Waals surface area contributed by atoms with Crippen molar-refractivity contribution in [1.29, 1.82) is 0 Å². The summed E-state index contributed by atoms with van der Waals surface area (Å²) in [6.07, 6.45) is 4.34. The first-order valence-electron chi connectivity index (χ1n) is 8.85. The van der Waals surface area contributed by atoms with Gasteiger partial charge in [0.2, 0.25) is 5.78 Å². The summed E-state index contributed by atoms with van der Waals surface area (Å²) in [7, 11) is 1.44. The molecular formula is C22H24O5. The molecule has 0 unspecified atom stereocenters. The third kappa shape index (κ3) is 5.45. The van der Waals surface area contributed by atoms with Crippen LogP contribution in [-0.2, 0) is 22.4 Å². The minimum absolute atomic E-state index is 0.0175. The van der Waals surface area contributed by atoms with Crippen LogP contribution in [0.15, 0.2) is 42.5 Å². The summed E-state index contributed by atoms with van der Waals surface area (Å²) in [5, 5.41) is 9.57. The summed E-state index contributed by atoms with van der Waals surface area (Å²) in [4.78, 5) is 24.4. The second kappa shape index (κ2) is 9.57. The fourth-order valence-electron chi connectivity index (χ4n) is 2.64. The quantitative estimate of drug-likeness (QED) is 0.434. The average molecular weight is 368 g/mol. The molecule has 0 aromatic heterocycles. The number of methoxy groups -OCH3 is 1. The molecule has 2 aromatic carbocycles. The zero-order valence-corrected chi connectivity index (χ0v) is 15.8. The van der Waals surface area contributed by atoms with Crippen molar-refractivity contribution in [2.75, 3.05) is 13.7 Å². The van der Waals surface area contributed by atoms with Crippen LogP contribution in [0.5, 0.6) is 11.5 Å². The van der Waals surface area contributed by atoms with Gasteiger partial charge in [-0.2, -0.15) is 0 Å². The lowest BCUT2D eigenvalue weighted by Crippen LogP contribution is -2.14. The van der Waals surface area contributed by atoms with Gasteiger partial charge >= 0.3 is 5.97 Å². The van der Waals surface area contributed by atoms with Crippen LogP contribution in [0, 0.1) is 0 Å². The van der Waals surface area contributed by atoms with Crippen LogP contribution in [0.25, 0.3) is 6.08 Å². The Morgan fingerprint density at radius 2 is 1.85 bits per heavy atom. The molecule has 2 rings (SSSR count). The fourth-order valence-corrected chi connectivity index (χ4v) is 2.64. The van der Waals surface area contributed by atoms with Gasteiger partial charge in [-0.15, -0.1) is 0 Å². The van der Waals surface area contributed by atoms with Gasteiger partial charge in [-0.25, -0.2) is 4.79 Å². The predicted molar refractivity (Wildman–Crippen MR) is 104 cm³/mol. The van der Waals surface area contributed by atoms with Crippen LogP contribution in [0.4, 0.5) is 0 Å². The van der Waals surface area contributed by atoms with Crippen molar-refractivity contribution in [2.24, 2.45) is 0 Å². The highest BCUT2D eigenvalue weighted by atomic mass is 16.5. The molecule has 5 nitrogen and oxygen atoms in total. The third-order valence-electron chi connectivity index (χ3n) is 4.23. The molecule has 0 spiro atoms. The van der Waals surface area contributed by atoms with Gasteiger partial charge < -0.3 is 14.6 Å². The summed E-state index contributed by atoms with van der Waals surface area (Å²) in [6.45, 7) is 3.71. The summed E-state index contributed by atoms with van der Waals surface area (Å²) in [5.74, 6) is -0.497. The number of esters is 1. The Balaban J connectivity index is 2.00. The van der Waals surface area contributed by atoms with Crippen LogP contribution in [0.2, 0.25) is 0 Å². The van der Waals surface area contributed by atoms with Crippen LogP contribution in [-0.4, -0.2) is 30.6 Å². The number of phenolic OH excluding ortho intramolecular Hbond substituents is 1. The molecule has 2 aromatic rings. The number of phenols is 1. The second-order valence-corrected chi connectivity index (χ2v) is 5.99. The molecule has 27 heavy (non-hydrogen) atoms. The Hall–Kier alpha value is -3.08. The maximum absolute atomic E-state index is 12.4. The van der Waals surface area contributed by atoms with E-state index in [0.717, 1.165) is 24.0 Å². The summed E-state index contributed by atoms with van der Waals surface area (Å²) >= 11 is 0. The normalized spacial score (nSPS) is 10.8. The highest BCUT2D eigenvalue weighted by Crippen LogP contribution is 2.26. The molecule has 142 valence electrons. The number of ketones is 1. The van der Waals surface area contributed by atoms with E-state index >= 15 is 0 Å². The summed E-state index contributed by atoms with van der Waals surface area (Å²) < 4.78 is 10.1. The molecule has 1 N–H and O–H groups in total. The minimum atomic E-state index is -0.611. The maximum atomic E-state index is 12.4. The number of rotatable bonds is 8. The lowest BCUT2D eigenvalue weighted by atomic mass is 9.98. The van der Waals surface area contributed by atoms with Gasteiger partial charge in [0.1, 0.15) is 0 Å². The number of hydrogen-bond donors (Lipinski definition) is 1. The standard InChI is InChI=1S/C22H24O5/c1-4-15-6-9-17(5-2)18(12-15)20(24)14-27-22(25)11-8-16-7-10-19(23)21(13-16)26-3/h6-13,23H,4-5,14H2,1-3H3/b11-8+. The van der Waals surface area contributed by atoms with Gasteiger partial charge in [0.25, 0.3) is 0 Å². The SMILES string of the molecule is CCc1ccc(CC)c(C(=O)COC(=O)/C=C/c2ccc(O)c(OC)c2)c1. The Morgan fingerprint density at radius 1 is 1.07 bits per heavy atom. The van der Waals surface area contributed by atoms with Crippen molar-refractivity contribution >= 4 is 17.8 Å².